The van der Waals surface area contributed by atoms with Gasteiger partial charge < -0.3 is 15.0 Å². The van der Waals surface area contributed by atoms with Crippen molar-refractivity contribution < 1.29 is 14.7 Å². The Morgan fingerprint density at radius 2 is 2.05 bits per heavy atom. The lowest BCUT2D eigenvalue weighted by Crippen LogP contribution is -2.31. The van der Waals surface area contributed by atoms with E-state index in [9.17, 15) is 9.59 Å². The van der Waals surface area contributed by atoms with Crippen LogP contribution >= 0.6 is 0 Å². The lowest BCUT2D eigenvalue weighted by Gasteiger charge is -2.11. The van der Waals surface area contributed by atoms with Crippen LogP contribution in [0.1, 0.15) is 13.3 Å². The molecule has 0 radical (unpaired) electrons. The first-order valence-electron chi connectivity index (χ1n) is 6.58. The summed E-state index contributed by atoms with van der Waals surface area (Å²) in [5, 5.41) is 12.5. The van der Waals surface area contributed by atoms with Crippen molar-refractivity contribution in [2.45, 2.75) is 19.9 Å². The molecular formula is C15H18N2O3. The van der Waals surface area contributed by atoms with Crippen molar-refractivity contribution in [3.05, 3.63) is 36.5 Å². The topological polar surface area (TPSA) is 71.3 Å². The molecule has 0 fully saturated rings. The van der Waals surface area contributed by atoms with Gasteiger partial charge >= 0.3 is 5.97 Å². The molecule has 2 rings (SSSR count). The molecule has 0 saturated heterocycles. The predicted molar refractivity (Wildman–Crippen MR) is 76.4 cm³/mol. The van der Waals surface area contributed by atoms with Crippen molar-refractivity contribution in [2.24, 2.45) is 5.92 Å². The zero-order valence-electron chi connectivity index (χ0n) is 11.4. The van der Waals surface area contributed by atoms with Gasteiger partial charge in [0.15, 0.2) is 0 Å². The number of hydrogen-bond donors (Lipinski definition) is 2. The molecule has 0 aliphatic rings. The summed E-state index contributed by atoms with van der Waals surface area (Å²) in [4.78, 5) is 22.4. The Hall–Kier alpha value is -2.30. The minimum absolute atomic E-state index is 0.0622. The van der Waals surface area contributed by atoms with Gasteiger partial charge in [0.25, 0.3) is 0 Å². The maximum Gasteiger partial charge on any atom is 0.303 e. The molecule has 1 aromatic heterocycles. The summed E-state index contributed by atoms with van der Waals surface area (Å²) in [6.07, 6.45) is 1.94. The van der Waals surface area contributed by atoms with Gasteiger partial charge in [-0.1, -0.05) is 25.1 Å². The summed E-state index contributed by atoms with van der Waals surface area (Å²) in [7, 11) is 0. The highest BCUT2D eigenvalue weighted by atomic mass is 16.4. The normalized spacial score (nSPS) is 12.2. The molecule has 1 atom stereocenters. The first-order valence-corrected chi connectivity index (χ1v) is 6.58. The van der Waals surface area contributed by atoms with Gasteiger partial charge in [-0.2, -0.15) is 0 Å². The van der Waals surface area contributed by atoms with E-state index in [2.05, 4.69) is 5.32 Å². The number of aliphatic carboxylic acids is 1. The molecule has 5 heteroatoms. The van der Waals surface area contributed by atoms with Crippen molar-refractivity contribution in [1.29, 1.82) is 0 Å². The van der Waals surface area contributed by atoms with E-state index in [1.54, 1.807) is 6.92 Å². The van der Waals surface area contributed by atoms with Crippen molar-refractivity contribution >= 4 is 22.8 Å². The molecule has 20 heavy (non-hydrogen) atoms. The minimum atomic E-state index is -0.844. The molecule has 0 saturated carbocycles. The number of benzene rings is 1. The van der Waals surface area contributed by atoms with Gasteiger partial charge in [0.2, 0.25) is 5.91 Å². The number of carboxylic acids is 1. The third-order valence-corrected chi connectivity index (χ3v) is 3.16. The average molecular weight is 274 g/mol. The molecule has 2 N–H and O–H groups in total. The Labute approximate surface area is 117 Å². The molecule has 0 spiro atoms. The monoisotopic (exact) mass is 274 g/mol. The summed E-state index contributed by atoms with van der Waals surface area (Å²) >= 11 is 0. The molecule has 5 nitrogen and oxygen atoms in total. The number of rotatable bonds is 6. The molecule has 0 bridgehead atoms. The molecule has 2 aromatic rings. The van der Waals surface area contributed by atoms with Crippen LogP contribution in [0.3, 0.4) is 0 Å². The van der Waals surface area contributed by atoms with E-state index >= 15 is 0 Å². The number of hydrogen-bond acceptors (Lipinski definition) is 2. The average Bonchev–Trinajstić information content (AvgIpc) is 2.79. The predicted octanol–water partition coefficient (Wildman–Crippen LogP) is 1.87. The fourth-order valence-corrected chi connectivity index (χ4v) is 2.15. The molecule has 1 unspecified atom stereocenters. The Bertz CT molecular complexity index is 618. The molecular weight excluding hydrogens is 256 g/mol. The summed E-state index contributed by atoms with van der Waals surface area (Å²) in [6, 6.07) is 9.83. The lowest BCUT2D eigenvalue weighted by atomic mass is 10.1. The number of para-hydroxylation sites is 1. The summed E-state index contributed by atoms with van der Waals surface area (Å²) < 4.78 is 1.88. The second-order valence-corrected chi connectivity index (χ2v) is 5.01. The Morgan fingerprint density at radius 3 is 2.80 bits per heavy atom. The van der Waals surface area contributed by atoms with Gasteiger partial charge in [0, 0.05) is 24.7 Å². The highest BCUT2D eigenvalue weighted by Gasteiger charge is 2.10. The SMILES string of the molecule is CC(CNC(=O)Cn1ccc2ccccc21)CC(=O)O. The van der Waals surface area contributed by atoms with Gasteiger partial charge in [0.1, 0.15) is 6.54 Å². The first kappa shape index (κ1) is 14.1. The van der Waals surface area contributed by atoms with Crippen LogP contribution in [-0.4, -0.2) is 28.1 Å². The number of nitrogens with one attached hydrogen (secondary N) is 1. The third kappa shape index (κ3) is 3.60. The van der Waals surface area contributed by atoms with Crippen LogP contribution in [0.2, 0.25) is 0 Å². The summed E-state index contributed by atoms with van der Waals surface area (Å²) in [5.41, 5.74) is 1.02. The van der Waals surface area contributed by atoms with E-state index in [1.807, 2.05) is 41.1 Å². The van der Waals surface area contributed by atoms with E-state index in [1.165, 1.54) is 0 Å². The largest absolute Gasteiger partial charge is 0.481 e. The molecule has 1 heterocycles. The van der Waals surface area contributed by atoms with E-state index in [-0.39, 0.29) is 24.8 Å². The maximum atomic E-state index is 11.9. The highest BCUT2D eigenvalue weighted by molar-refractivity contribution is 5.83. The third-order valence-electron chi connectivity index (χ3n) is 3.16. The van der Waals surface area contributed by atoms with E-state index in [0.717, 1.165) is 10.9 Å². The minimum Gasteiger partial charge on any atom is -0.481 e. The van der Waals surface area contributed by atoms with Crippen molar-refractivity contribution in [2.75, 3.05) is 6.54 Å². The quantitative estimate of drug-likeness (QED) is 0.844. The maximum absolute atomic E-state index is 11.9. The lowest BCUT2D eigenvalue weighted by molar-refractivity contribution is -0.138. The molecule has 106 valence electrons. The standard InChI is InChI=1S/C15H18N2O3/c1-11(8-15(19)20)9-16-14(18)10-17-7-6-12-4-2-3-5-13(12)17/h2-7,11H,8-10H2,1H3,(H,16,18)(H,19,20). The van der Waals surface area contributed by atoms with Crippen LogP contribution in [0, 0.1) is 5.92 Å². The van der Waals surface area contributed by atoms with Crippen LogP contribution in [0.4, 0.5) is 0 Å². The summed E-state index contributed by atoms with van der Waals surface area (Å²) in [6.45, 7) is 2.43. The number of fused-ring (bicyclic) bond motifs is 1. The van der Waals surface area contributed by atoms with Crippen molar-refractivity contribution in [3.8, 4) is 0 Å². The smallest absolute Gasteiger partial charge is 0.303 e. The van der Waals surface area contributed by atoms with Crippen LogP contribution in [0.25, 0.3) is 10.9 Å². The first-order chi connectivity index (χ1) is 9.56. The van der Waals surface area contributed by atoms with Crippen LogP contribution in [0.15, 0.2) is 36.5 Å². The van der Waals surface area contributed by atoms with Gasteiger partial charge in [0.05, 0.1) is 0 Å². The van der Waals surface area contributed by atoms with E-state index < -0.39 is 5.97 Å². The number of amides is 1. The van der Waals surface area contributed by atoms with Crippen molar-refractivity contribution in [3.63, 3.8) is 0 Å². The second kappa shape index (κ2) is 6.23. The van der Waals surface area contributed by atoms with Crippen LogP contribution < -0.4 is 5.32 Å². The number of nitrogens with zero attached hydrogens (tertiary/aromatic N) is 1. The summed E-state index contributed by atoms with van der Waals surface area (Å²) in [5.74, 6) is -1.02. The fourth-order valence-electron chi connectivity index (χ4n) is 2.15. The van der Waals surface area contributed by atoms with Gasteiger partial charge in [-0.05, 0) is 23.4 Å². The number of carbonyl (C=O) groups excluding carboxylic acids is 1. The van der Waals surface area contributed by atoms with E-state index in [0.29, 0.717) is 6.54 Å². The highest BCUT2D eigenvalue weighted by Crippen LogP contribution is 2.14. The second-order valence-electron chi connectivity index (χ2n) is 5.01. The molecule has 0 aliphatic carbocycles. The Balaban J connectivity index is 1.90. The van der Waals surface area contributed by atoms with Crippen LogP contribution in [-0.2, 0) is 16.1 Å². The fraction of sp³-hybridized carbons (Fsp3) is 0.333. The molecule has 0 aliphatic heterocycles. The number of carboxylic acid groups (broad SMARTS) is 1. The Kier molecular flexibility index (Phi) is 4.40. The van der Waals surface area contributed by atoms with Gasteiger partial charge in [-0.15, -0.1) is 0 Å². The zero-order valence-corrected chi connectivity index (χ0v) is 11.4. The number of aromatic nitrogens is 1. The zero-order chi connectivity index (χ0) is 14.5. The van der Waals surface area contributed by atoms with Crippen molar-refractivity contribution in [1.82, 2.24) is 9.88 Å². The number of carbonyl (C=O) groups is 2. The van der Waals surface area contributed by atoms with E-state index in [4.69, 9.17) is 5.11 Å². The van der Waals surface area contributed by atoms with Gasteiger partial charge in [-0.25, -0.2) is 0 Å². The van der Waals surface area contributed by atoms with Crippen LogP contribution in [0.5, 0.6) is 0 Å². The molecule has 1 amide bonds. The van der Waals surface area contributed by atoms with Gasteiger partial charge in [-0.3, -0.25) is 9.59 Å². The molecule has 1 aromatic carbocycles. The Morgan fingerprint density at radius 1 is 1.30 bits per heavy atom.